The number of nitrogens with one attached hydrogen (secondary N) is 2. The van der Waals surface area contributed by atoms with Gasteiger partial charge in [0.25, 0.3) is 0 Å². The minimum atomic E-state index is -0.715. The van der Waals surface area contributed by atoms with Crippen molar-refractivity contribution in [2.45, 2.75) is 38.3 Å². The van der Waals surface area contributed by atoms with Gasteiger partial charge in [-0.25, -0.2) is 9.97 Å². The summed E-state index contributed by atoms with van der Waals surface area (Å²) in [6, 6.07) is 11.2. The number of aromatic nitrogens is 3. The third-order valence-corrected chi connectivity index (χ3v) is 6.76. The Morgan fingerprint density at radius 3 is 2.83 bits per heavy atom. The molecule has 3 N–H and O–H groups in total. The average molecular weight is 406 g/mol. The molecule has 3 heterocycles. The van der Waals surface area contributed by atoms with Gasteiger partial charge in [0.05, 0.1) is 17.5 Å². The van der Waals surface area contributed by atoms with E-state index in [9.17, 15) is 9.90 Å². The molecule has 156 valence electrons. The molecular formula is C23H27N5O2. The fourth-order valence-corrected chi connectivity index (χ4v) is 4.87. The molecule has 1 aliphatic carbocycles. The lowest BCUT2D eigenvalue weighted by Gasteiger charge is -2.39. The molecular weight excluding hydrogens is 378 g/mol. The molecule has 0 radical (unpaired) electrons. The van der Waals surface area contributed by atoms with Gasteiger partial charge in [0.1, 0.15) is 17.8 Å². The van der Waals surface area contributed by atoms with E-state index in [1.54, 1.807) is 6.33 Å². The number of benzene rings is 1. The first-order chi connectivity index (χ1) is 14.6. The van der Waals surface area contributed by atoms with E-state index < -0.39 is 6.10 Å². The molecule has 2 aromatic heterocycles. The highest BCUT2D eigenvalue weighted by Gasteiger charge is 2.55. The Balaban J connectivity index is 1.28. The lowest BCUT2D eigenvalue weighted by atomic mass is 9.81. The molecule has 7 nitrogen and oxygen atoms in total. The summed E-state index contributed by atoms with van der Waals surface area (Å²) in [5, 5.41) is 14.7. The van der Waals surface area contributed by atoms with E-state index in [0.29, 0.717) is 0 Å². The number of anilines is 1. The van der Waals surface area contributed by atoms with Gasteiger partial charge < -0.3 is 20.3 Å². The highest BCUT2D eigenvalue weighted by atomic mass is 16.3. The van der Waals surface area contributed by atoms with Crippen LogP contribution in [0, 0.1) is 11.3 Å². The summed E-state index contributed by atoms with van der Waals surface area (Å²) < 4.78 is 0. The number of amides is 1. The summed E-state index contributed by atoms with van der Waals surface area (Å²) in [4.78, 5) is 27.4. The summed E-state index contributed by atoms with van der Waals surface area (Å²) in [5.41, 5.74) is 1.67. The van der Waals surface area contributed by atoms with Gasteiger partial charge in [-0.1, -0.05) is 30.3 Å². The van der Waals surface area contributed by atoms with Crippen LogP contribution in [-0.2, 0) is 4.79 Å². The molecule has 5 rings (SSSR count). The molecule has 1 saturated carbocycles. The van der Waals surface area contributed by atoms with Gasteiger partial charge in [-0.2, -0.15) is 0 Å². The smallest absolute Gasteiger partial charge is 0.224 e. The Bertz CT molecular complexity index is 1050. The van der Waals surface area contributed by atoms with Crippen molar-refractivity contribution >= 4 is 22.8 Å². The van der Waals surface area contributed by atoms with Crippen LogP contribution < -0.4 is 10.2 Å². The quantitative estimate of drug-likeness (QED) is 0.607. The number of aliphatic hydroxyl groups is 1. The Labute approximate surface area is 175 Å². The van der Waals surface area contributed by atoms with Crippen LogP contribution in [0.15, 0.2) is 48.9 Å². The third kappa shape index (κ3) is 3.33. The van der Waals surface area contributed by atoms with Crippen molar-refractivity contribution in [3.8, 4) is 0 Å². The number of hydrogen-bond acceptors (Lipinski definition) is 5. The predicted molar refractivity (Wildman–Crippen MR) is 115 cm³/mol. The van der Waals surface area contributed by atoms with E-state index in [1.165, 1.54) is 0 Å². The number of nitrogens with zero attached hydrogens (tertiary/aromatic N) is 3. The largest absolute Gasteiger partial charge is 0.386 e. The number of aromatic amines is 1. The maximum absolute atomic E-state index is 13.1. The molecule has 3 aromatic rings. The highest BCUT2D eigenvalue weighted by molar-refractivity contribution is 5.87. The number of carbonyl (C=O) groups excluding carboxylic acids is 1. The van der Waals surface area contributed by atoms with Crippen LogP contribution >= 0.6 is 0 Å². The molecule has 30 heavy (non-hydrogen) atoms. The Kier molecular flexibility index (Phi) is 4.70. The standard InChI is InChI=1S/C23H27N5O2/c1-15(19(29)16-5-3-2-4-6-16)27-22(30)18-8-12-28(13-23(18)9-10-23)21-17-7-11-24-20(17)25-14-26-21/h2-7,11,14-15,18-19,29H,8-10,12-13H2,1H3,(H,27,30)(H,24,25,26)/t15-,18+,19+/m0/s1. The fourth-order valence-electron chi connectivity index (χ4n) is 4.87. The molecule has 2 aliphatic rings. The Hall–Kier alpha value is -2.93. The van der Waals surface area contributed by atoms with E-state index >= 15 is 0 Å². The second-order valence-corrected chi connectivity index (χ2v) is 8.72. The van der Waals surface area contributed by atoms with Crippen LogP contribution in [0.4, 0.5) is 5.82 Å². The number of piperidine rings is 1. The molecule has 1 spiro atoms. The van der Waals surface area contributed by atoms with Gasteiger partial charge in [0, 0.05) is 25.2 Å². The van der Waals surface area contributed by atoms with Crippen LogP contribution in [0.5, 0.6) is 0 Å². The number of hydrogen-bond donors (Lipinski definition) is 3. The lowest BCUT2D eigenvalue weighted by molar-refractivity contribution is -0.129. The maximum atomic E-state index is 13.1. The molecule has 1 amide bonds. The van der Waals surface area contributed by atoms with E-state index in [-0.39, 0.29) is 23.3 Å². The minimum absolute atomic E-state index is 0.00727. The molecule has 2 fully saturated rings. The van der Waals surface area contributed by atoms with Crippen LogP contribution in [-0.4, -0.2) is 45.1 Å². The second-order valence-electron chi connectivity index (χ2n) is 8.72. The van der Waals surface area contributed by atoms with Gasteiger partial charge >= 0.3 is 0 Å². The summed E-state index contributed by atoms with van der Waals surface area (Å²) in [5.74, 6) is 0.978. The first-order valence-corrected chi connectivity index (χ1v) is 10.6. The molecule has 0 unspecified atom stereocenters. The Morgan fingerprint density at radius 2 is 2.07 bits per heavy atom. The zero-order chi connectivity index (χ0) is 20.7. The molecule has 0 bridgehead atoms. The van der Waals surface area contributed by atoms with E-state index in [2.05, 4.69) is 25.2 Å². The van der Waals surface area contributed by atoms with Crippen LogP contribution in [0.1, 0.15) is 37.9 Å². The summed E-state index contributed by atoms with van der Waals surface area (Å²) in [7, 11) is 0. The van der Waals surface area contributed by atoms with Crippen molar-refractivity contribution in [2.24, 2.45) is 11.3 Å². The number of fused-ring (bicyclic) bond motifs is 1. The van der Waals surface area contributed by atoms with Gasteiger partial charge in [0.2, 0.25) is 5.91 Å². The van der Waals surface area contributed by atoms with Crippen molar-refractivity contribution in [1.29, 1.82) is 0 Å². The van der Waals surface area contributed by atoms with Crippen molar-refractivity contribution < 1.29 is 9.90 Å². The number of carbonyl (C=O) groups is 1. The lowest BCUT2D eigenvalue weighted by Crippen LogP contribution is -2.50. The SMILES string of the molecule is C[C@H](NC(=O)[C@H]1CCN(c2ncnc3[nH]ccc23)CC12CC2)[C@@H](O)c1ccccc1. The average Bonchev–Trinajstić information content (AvgIpc) is 3.34. The third-order valence-electron chi connectivity index (χ3n) is 6.76. The first-order valence-electron chi connectivity index (χ1n) is 10.6. The van der Waals surface area contributed by atoms with E-state index in [1.807, 2.05) is 49.5 Å². The van der Waals surface area contributed by atoms with Gasteiger partial charge in [0.15, 0.2) is 0 Å². The zero-order valence-corrected chi connectivity index (χ0v) is 17.1. The number of H-pyrrole nitrogens is 1. The molecule has 1 aliphatic heterocycles. The molecule has 1 saturated heterocycles. The normalized spacial score (nSPS) is 22.1. The van der Waals surface area contributed by atoms with Crippen molar-refractivity contribution in [2.75, 3.05) is 18.0 Å². The highest BCUT2D eigenvalue weighted by Crippen LogP contribution is 2.56. The minimum Gasteiger partial charge on any atom is -0.386 e. The predicted octanol–water partition coefficient (Wildman–Crippen LogP) is 2.80. The van der Waals surface area contributed by atoms with Crippen molar-refractivity contribution in [1.82, 2.24) is 20.3 Å². The van der Waals surface area contributed by atoms with Crippen LogP contribution in [0.25, 0.3) is 11.0 Å². The number of aliphatic hydroxyl groups excluding tert-OH is 1. The van der Waals surface area contributed by atoms with E-state index in [4.69, 9.17) is 0 Å². The van der Waals surface area contributed by atoms with Crippen LogP contribution in [0.3, 0.4) is 0 Å². The van der Waals surface area contributed by atoms with Crippen LogP contribution in [0.2, 0.25) is 0 Å². The van der Waals surface area contributed by atoms with E-state index in [0.717, 1.165) is 54.8 Å². The second kappa shape index (κ2) is 7.40. The molecule has 3 atom stereocenters. The van der Waals surface area contributed by atoms with Gasteiger partial charge in [-0.15, -0.1) is 0 Å². The molecule has 1 aromatic carbocycles. The molecule has 7 heteroatoms. The Morgan fingerprint density at radius 1 is 1.27 bits per heavy atom. The number of rotatable bonds is 5. The summed E-state index contributed by atoms with van der Waals surface area (Å²) >= 11 is 0. The topological polar surface area (TPSA) is 94.1 Å². The first kappa shape index (κ1) is 19.1. The van der Waals surface area contributed by atoms with Gasteiger partial charge in [-0.05, 0) is 43.2 Å². The monoisotopic (exact) mass is 405 g/mol. The fraction of sp³-hybridized carbons (Fsp3) is 0.435. The maximum Gasteiger partial charge on any atom is 0.224 e. The van der Waals surface area contributed by atoms with Gasteiger partial charge in [-0.3, -0.25) is 4.79 Å². The van der Waals surface area contributed by atoms with Crippen molar-refractivity contribution in [3.05, 3.63) is 54.5 Å². The zero-order valence-electron chi connectivity index (χ0n) is 17.1. The summed E-state index contributed by atoms with van der Waals surface area (Å²) in [6.07, 6.45) is 5.66. The summed E-state index contributed by atoms with van der Waals surface area (Å²) in [6.45, 7) is 3.48. The van der Waals surface area contributed by atoms with Crippen molar-refractivity contribution in [3.63, 3.8) is 0 Å².